The van der Waals surface area contributed by atoms with E-state index in [1.807, 2.05) is 26.8 Å². The van der Waals surface area contributed by atoms with Gasteiger partial charge >= 0.3 is 0 Å². The van der Waals surface area contributed by atoms with Crippen molar-refractivity contribution in [3.8, 4) is 6.07 Å². The number of amides is 1. The monoisotopic (exact) mass is 358 g/mol. The van der Waals surface area contributed by atoms with Gasteiger partial charge in [0, 0.05) is 6.54 Å². The maximum atomic E-state index is 12.6. The Bertz CT molecular complexity index is 885. The highest BCUT2D eigenvalue weighted by Crippen LogP contribution is 2.19. The van der Waals surface area contributed by atoms with E-state index in [1.54, 1.807) is 29.7 Å². The summed E-state index contributed by atoms with van der Waals surface area (Å²) in [6, 6.07) is 9.32. The second-order valence-corrected chi connectivity index (χ2v) is 7.21. The van der Waals surface area contributed by atoms with Crippen molar-refractivity contribution in [1.29, 1.82) is 5.26 Å². The third-order valence-electron chi connectivity index (χ3n) is 4.26. The second-order valence-electron chi connectivity index (χ2n) is 6.27. The van der Waals surface area contributed by atoms with Crippen LogP contribution in [0.5, 0.6) is 0 Å². The van der Waals surface area contributed by atoms with Crippen molar-refractivity contribution in [1.82, 2.24) is 14.9 Å². The third kappa shape index (κ3) is 4.02. The molecule has 0 aliphatic heterocycles. The van der Waals surface area contributed by atoms with Gasteiger partial charge in [0.1, 0.15) is 5.54 Å². The van der Waals surface area contributed by atoms with Crippen LogP contribution in [0.4, 0.5) is 0 Å². The number of fused-ring (bicyclic) bond motifs is 1. The fourth-order valence-corrected chi connectivity index (χ4v) is 3.16. The summed E-state index contributed by atoms with van der Waals surface area (Å²) in [7, 11) is 0. The smallest absolute Gasteiger partial charge is 0.262 e. The lowest BCUT2D eigenvalue weighted by Gasteiger charge is -2.27. The van der Waals surface area contributed by atoms with Crippen LogP contribution in [-0.4, -0.2) is 26.8 Å². The average Bonchev–Trinajstić information content (AvgIpc) is 2.59. The highest BCUT2D eigenvalue weighted by Gasteiger charge is 2.30. The van der Waals surface area contributed by atoms with Crippen LogP contribution in [0.3, 0.4) is 0 Å². The molecule has 1 unspecified atom stereocenters. The van der Waals surface area contributed by atoms with Crippen LogP contribution in [-0.2, 0) is 11.3 Å². The molecular formula is C18H22N4O2S. The summed E-state index contributed by atoms with van der Waals surface area (Å²) in [4.78, 5) is 29.3. The van der Waals surface area contributed by atoms with Gasteiger partial charge in [-0.15, -0.1) is 0 Å². The molecule has 0 aliphatic carbocycles. The van der Waals surface area contributed by atoms with Crippen LogP contribution in [0.25, 0.3) is 10.9 Å². The van der Waals surface area contributed by atoms with Crippen molar-refractivity contribution in [2.75, 3.05) is 5.75 Å². The van der Waals surface area contributed by atoms with Crippen LogP contribution in [0.15, 0.2) is 34.2 Å². The van der Waals surface area contributed by atoms with Crippen molar-refractivity contribution in [2.24, 2.45) is 5.92 Å². The zero-order valence-electron chi connectivity index (χ0n) is 14.9. The number of aromatic nitrogens is 2. The molecule has 0 saturated carbocycles. The Morgan fingerprint density at radius 2 is 2.12 bits per heavy atom. The topological polar surface area (TPSA) is 87.8 Å². The highest BCUT2D eigenvalue weighted by atomic mass is 32.2. The van der Waals surface area contributed by atoms with E-state index < -0.39 is 5.54 Å². The third-order valence-corrected chi connectivity index (χ3v) is 5.24. The number of carbonyl (C=O) groups excluding carboxylic acids is 1. The number of thioether (sulfide) groups is 1. The Morgan fingerprint density at radius 1 is 1.44 bits per heavy atom. The normalized spacial score (nSPS) is 13.4. The molecule has 132 valence electrons. The molecule has 2 aromatic rings. The molecule has 7 heteroatoms. The molecule has 25 heavy (non-hydrogen) atoms. The SMILES string of the molecule is CCn1c(SCC(=O)NC(C)(C#N)C(C)C)nc2ccccc2c1=O. The number of hydrogen-bond acceptors (Lipinski definition) is 5. The molecular weight excluding hydrogens is 336 g/mol. The van der Waals surface area contributed by atoms with Crippen LogP contribution >= 0.6 is 11.8 Å². The highest BCUT2D eigenvalue weighted by molar-refractivity contribution is 7.99. The van der Waals surface area contributed by atoms with Crippen molar-refractivity contribution in [3.63, 3.8) is 0 Å². The Labute approximate surface area is 151 Å². The van der Waals surface area contributed by atoms with Gasteiger partial charge in [0.25, 0.3) is 5.56 Å². The maximum absolute atomic E-state index is 12.6. The van der Waals surface area contributed by atoms with E-state index in [9.17, 15) is 14.9 Å². The number of hydrogen-bond donors (Lipinski definition) is 1. The molecule has 2 rings (SSSR count). The Balaban J connectivity index is 2.22. The van der Waals surface area contributed by atoms with Gasteiger partial charge in [0.2, 0.25) is 5.91 Å². The average molecular weight is 358 g/mol. The summed E-state index contributed by atoms with van der Waals surface area (Å²) in [5, 5.41) is 13.1. The van der Waals surface area contributed by atoms with E-state index in [0.717, 1.165) is 0 Å². The van der Waals surface area contributed by atoms with Gasteiger partial charge in [-0.2, -0.15) is 5.26 Å². The number of nitrogens with one attached hydrogen (secondary N) is 1. The molecule has 0 bridgehead atoms. The van der Waals surface area contributed by atoms with E-state index in [4.69, 9.17) is 0 Å². The van der Waals surface area contributed by atoms with Gasteiger partial charge in [-0.1, -0.05) is 37.7 Å². The number of carbonyl (C=O) groups is 1. The molecule has 1 heterocycles. The summed E-state index contributed by atoms with van der Waals surface area (Å²) in [6.45, 7) is 7.82. The van der Waals surface area contributed by atoms with Crippen molar-refractivity contribution >= 4 is 28.6 Å². The Morgan fingerprint density at radius 3 is 2.72 bits per heavy atom. The number of nitrogens with zero attached hydrogens (tertiary/aromatic N) is 3. The Kier molecular flexibility index (Phi) is 5.85. The first-order chi connectivity index (χ1) is 11.8. The minimum absolute atomic E-state index is 0.0148. The van der Waals surface area contributed by atoms with E-state index in [1.165, 1.54) is 11.8 Å². The van der Waals surface area contributed by atoms with Gasteiger partial charge in [-0.25, -0.2) is 4.98 Å². The molecule has 1 N–H and O–H groups in total. The van der Waals surface area contributed by atoms with Crippen LogP contribution in [0.2, 0.25) is 0 Å². The van der Waals surface area contributed by atoms with Crippen molar-refractivity contribution in [2.45, 2.75) is 44.9 Å². The first-order valence-corrected chi connectivity index (χ1v) is 9.15. The van der Waals surface area contributed by atoms with Crippen LogP contribution in [0.1, 0.15) is 27.7 Å². The van der Waals surface area contributed by atoms with Crippen molar-refractivity contribution in [3.05, 3.63) is 34.6 Å². The molecule has 6 nitrogen and oxygen atoms in total. The van der Waals surface area contributed by atoms with E-state index in [2.05, 4.69) is 16.4 Å². The number of benzene rings is 1. The van der Waals surface area contributed by atoms with E-state index >= 15 is 0 Å². The molecule has 1 atom stereocenters. The first kappa shape index (κ1) is 19.0. The summed E-state index contributed by atoms with van der Waals surface area (Å²) >= 11 is 1.20. The molecule has 0 radical (unpaired) electrons. The number of nitriles is 1. The molecule has 0 spiro atoms. The quantitative estimate of drug-likeness (QED) is 0.633. The lowest BCUT2D eigenvalue weighted by Crippen LogP contribution is -2.49. The van der Waals surface area contributed by atoms with Gasteiger partial charge in [0.15, 0.2) is 5.16 Å². The molecule has 0 aliphatic rings. The summed E-state index contributed by atoms with van der Waals surface area (Å²) < 4.78 is 1.56. The van der Waals surface area contributed by atoms with Gasteiger partial charge in [-0.3, -0.25) is 14.2 Å². The fourth-order valence-electron chi connectivity index (χ4n) is 2.29. The molecule has 0 fully saturated rings. The summed E-state index contributed by atoms with van der Waals surface area (Å²) in [5.74, 6) is -0.179. The predicted molar refractivity (Wildman–Crippen MR) is 99.4 cm³/mol. The van der Waals surface area contributed by atoms with Gasteiger partial charge in [-0.05, 0) is 31.9 Å². The van der Waals surface area contributed by atoms with Crippen molar-refractivity contribution < 1.29 is 4.79 Å². The standard InChI is InChI=1S/C18H22N4O2S/c1-5-22-16(24)13-8-6-7-9-14(13)20-17(22)25-10-15(23)21-18(4,11-19)12(2)3/h6-9,12H,5,10H2,1-4H3,(H,21,23). The largest absolute Gasteiger partial charge is 0.337 e. The first-order valence-electron chi connectivity index (χ1n) is 8.17. The minimum Gasteiger partial charge on any atom is -0.337 e. The molecule has 1 aromatic heterocycles. The van der Waals surface area contributed by atoms with E-state index in [-0.39, 0.29) is 23.1 Å². The van der Waals surface area contributed by atoms with Crippen LogP contribution in [0, 0.1) is 17.2 Å². The van der Waals surface area contributed by atoms with Crippen LogP contribution < -0.4 is 10.9 Å². The fraction of sp³-hybridized carbons (Fsp3) is 0.444. The second kappa shape index (κ2) is 7.70. The number of rotatable bonds is 6. The lowest BCUT2D eigenvalue weighted by atomic mass is 9.90. The molecule has 1 amide bonds. The van der Waals surface area contributed by atoms with E-state index in [0.29, 0.717) is 22.6 Å². The van der Waals surface area contributed by atoms with Gasteiger partial charge < -0.3 is 5.32 Å². The predicted octanol–water partition coefficient (Wildman–Crippen LogP) is 2.56. The molecule has 1 aromatic carbocycles. The summed E-state index contributed by atoms with van der Waals surface area (Å²) in [5.41, 5.74) is -0.414. The maximum Gasteiger partial charge on any atom is 0.262 e. The van der Waals surface area contributed by atoms with Gasteiger partial charge in [0.05, 0.1) is 22.7 Å². The zero-order chi connectivity index (χ0) is 18.6. The Hall–Kier alpha value is -2.33. The zero-order valence-corrected chi connectivity index (χ0v) is 15.7. The number of para-hydroxylation sites is 1. The summed E-state index contributed by atoms with van der Waals surface area (Å²) in [6.07, 6.45) is 0. The minimum atomic E-state index is -0.918. The lowest BCUT2D eigenvalue weighted by molar-refractivity contribution is -0.120. The molecule has 0 saturated heterocycles.